The third-order valence-corrected chi connectivity index (χ3v) is 9.84. The Kier molecular flexibility index (Phi) is 37.4. The highest BCUT2D eigenvalue weighted by atomic mass is 31.2. The third-order valence-electron chi connectivity index (χ3n) is 9.36. The molecule has 0 heterocycles. The summed E-state index contributed by atoms with van der Waals surface area (Å²) in [5, 5.41) is 10.0. The van der Waals surface area contributed by atoms with Crippen molar-refractivity contribution in [2.75, 3.05) is 13.2 Å². The van der Waals surface area contributed by atoms with Crippen LogP contribution in [-0.4, -0.2) is 52.3 Å². The summed E-state index contributed by atoms with van der Waals surface area (Å²) in [6, 6.07) is 0. The van der Waals surface area contributed by atoms with E-state index < -0.39 is 38.6 Å². The Labute approximate surface area is 336 Å². The summed E-state index contributed by atoms with van der Waals surface area (Å²) < 4.78 is 26.3. The minimum Gasteiger partial charge on any atom is -0.462 e. The minimum atomic E-state index is -4.79. The van der Waals surface area contributed by atoms with Crippen LogP contribution in [0.2, 0.25) is 0 Å². The summed E-state index contributed by atoms with van der Waals surface area (Å²) in [4.78, 5) is 42.9. The standard InChI is InChI=1S/C45H81O9P/c1-4-5-6-7-25-30-35-42(46)36-31-26-21-18-19-23-28-33-38-45(48)54-43(40-53-55(49,50)51)39-52-44(47)37-32-27-22-17-15-13-11-9-8-10-12-14-16-20-24-29-34-41(2)3/h19,21,23,25-26,30-31,36,41-43,46H,4-18,20,22,24,27-29,32-35,37-40H2,1-3H3,(H2,49,50,51)/b23-19-,26-21-,30-25-,36-31+/t42-,43+/m0/s1. The largest absolute Gasteiger partial charge is 0.469 e. The second-order valence-electron chi connectivity index (χ2n) is 15.4. The Morgan fingerprint density at radius 1 is 0.618 bits per heavy atom. The van der Waals surface area contributed by atoms with E-state index in [0.717, 1.165) is 31.6 Å². The van der Waals surface area contributed by atoms with Crippen molar-refractivity contribution in [1.29, 1.82) is 0 Å². The molecule has 0 amide bonds. The molecule has 0 saturated carbocycles. The van der Waals surface area contributed by atoms with Crippen LogP contribution in [0.3, 0.4) is 0 Å². The van der Waals surface area contributed by atoms with Crippen molar-refractivity contribution >= 4 is 19.8 Å². The molecule has 10 heteroatoms. The number of rotatable bonds is 39. The number of carbonyl (C=O) groups excluding carboxylic acids is 2. The first-order valence-electron chi connectivity index (χ1n) is 21.9. The first kappa shape index (κ1) is 53.0. The molecule has 0 aromatic heterocycles. The van der Waals surface area contributed by atoms with E-state index in [1.165, 1.54) is 103 Å². The molecule has 0 spiro atoms. The Balaban J connectivity index is 4.02. The first-order chi connectivity index (χ1) is 26.5. The molecule has 0 bridgehead atoms. The number of hydrogen-bond acceptors (Lipinski definition) is 7. The van der Waals surface area contributed by atoms with Crippen LogP contribution < -0.4 is 0 Å². The number of aliphatic hydroxyl groups is 1. The van der Waals surface area contributed by atoms with Gasteiger partial charge in [-0.3, -0.25) is 14.1 Å². The first-order valence-corrected chi connectivity index (χ1v) is 23.4. The molecular formula is C45H81O9P. The molecule has 0 rings (SSSR count). The number of hydrogen-bond donors (Lipinski definition) is 3. The Morgan fingerprint density at radius 2 is 1.16 bits per heavy atom. The van der Waals surface area contributed by atoms with Crippen LogP contribution in [-0.2, 0) is 28.2 Å². The summed E-state index contributed by atoms with van der Waals surface area (Å²) in [6.45, 7) is 5.90. The molecule has 55 heavy (non-hydrogen) atoms. The number of ether oxygens (including phenoxy) is 2. The molecule has 2 atom stereocenters. The van der Waals surface area contributed by atoms with Gasteiger partial charge in [0.25, 0.3) is 0 Å². The Bertz CT molecular complexity index is 1060. The average Bonchev–Trinajstić information content (AvgIpc) is 3.13. The van der Waals surface area contributed by atoms with Crippen LogP contribution in [0.15, 0.2) is 48.6 Å². The molecule has 0 aliphatic rings. The van der Waals surface area contributed by atoms with Crippen LogP contribution in [0.25, 0.3) is 0 Å². The number of allylic oxidation sites excluding steroid dienone is 6. The normalized spacial score (nSPS) is 13.6. The van der Waals surface area contributed by atoms with Gasteiger partial charge in [0, 0.05) is 12.8 Å². The highest BCUT2D eigenvalue weighted by Crippen LogP contribution is 2.36. The van der Waals surface area contributed by atoms with Crippen LogP contribution in [0, 0.1) is 5.92 Å². The summed E-state index contributed by atoms with van der Waals surface area (Å²) in [6.07, 6.45) is 43.0. The van der Waals surface area contributed by atoms with Crippen molar-refractivity contribution in [3.05, 3.63) is 48.6 Å². The lowest BCUT2D eigenvalue weighted by Gasteiger charge is -2.18. The van der Waals surface area contributed by atoms with Gasteiger partial charge in [0.15, 0.2) is 6.10 Å². The van der Waals surface area contributed by atoms with E-state index in [1.807, 2.05) is 36.5 Å². The van der Waals surface area contributed by atoms with Crippen molar-refractivity contribution < 1.29 is 43.0 Å². The molecular weight excluding hydrogens is 715 g/mol. The topological polar surface area (TPSA) is 140 Å². The van der Waals surface area contributed by atoms with Gasteiger partial charge >= 0.3 is 19.8 Å². The maximum atomic E-state index is 12.4. The third kappa shape index (κ3) is 42.9. The molecule has 0 aliphatic heterocycles. The van der Waals surface area contributed by atoms with E-state index in [1.54, 1.807) is 6.08 Å². The number of phosphoric acid groups is 1. The summed E-state index contributed by atoms with van der Waals surface area (Å²) in [5.74, 6) is -0.149. The molecule has 0 aromatic carbocycles. The van der Waals surface area contributed by atoms with Gasteiger partial charge in [-0.25, -0.2) is 4.57 Å². The summed E-state index contributed by atoms with van der Waals surface area (Å²) in [7, 11) is -4.79. The van der Waals surface area contributed by atoms with Gasteiger partial charge in [-0.2, -0.15) is 0 Å². The molecule has 0 aromatic rings. The second kappa shape index (κ2) is 38.8. The van der Waals surface area contributed by atoms with E-state index in [-0.39, 0.29) is 19.4 Å². The summed E-state index contributed by atoms with van der Waals surface area (Å²) >= 11 is 0. The quantitative estimate of drug-likeness (QED) is 0.0182. The van der Waals surface area contributed by atoms with Crippen LogP contribution in [0.4, 0.5) is 0 Å². The molecule has 0 saturated heterocycles. The van der Waals surface area contributed by atoms with Crippen molar-refractivity contribution in [2.45, 2.75) is 206 Å². The highest BCUT2D eigenvalue weighted by Gasteiger charge is 2.22. The fraction of sp³-hybridized carbons (Fsp3) is 0.778. The molecule has 0 aliphatic carbocycles. The monoisotopic (exact) mass is 797 g/mol. The number of phosphoric ester groups is 1. The lowest BCUT2D eigenvalue weighted by molar-refractivity contribution is -0.161. The lowest BCUT2D eigenvalue weighted by atomic mass is 10.0. The van der Waals surface area contributed by atoms with Crippen LogP contribution in [0.5, 0.6) is 0 Å². The summed E-state index contributed by atoms with van der Waals surface area (Å²) in [5.41, 5.74) is 0. The van der Waals surface area contributed by atoms with E-state index in [9.17, 15) is 19.3 Å². The van der Waals surface area contributed by atoms with Crippen molar-refractivity contribution in [3.63, 3.8) is 0 Å². The van der Waals surface area contributed by atoms with E-state index in [0.29, 0.717) is 32.1 Å². The zero-order chi connectivity index (χ0) is 40.7. The van der Waals surface area contributed by atoms with Gasteiger partial charge in [0.05, 0.1) is 12.7 Å². The minimum absolute atomic E-state index is 0.104. The van der Waals surface area contributed by atoms with Crippen molar-refractivity contribution in [3.8, 4) is 0 Å². The molecule has 3 N–H and O–H groups in total. The molecule has 9 nitrogen and oxygen atoms in total. The maximum Gasteiger partial charge on any atom is 0.469 e. The number of unbranched alkanes of at least 4 members (excludes halogenated alkanes) is 19. The van der Waals surface area contributed by atoms with Gasteiger partial charge in [-0.1, -0.05) is 185 Å². The van der Waals surface area contributed by atoms with Crippen molar-refractivity contribution in [2.24, 2.45) is 5.92 Å². The lowest BCUT2D eigenvalue weighted by Crippen LogP contribution is -2.29. The van der Waals surface area contributed by atoms with Gasteiger partial charge in [0.2, 0.25) is 0 Å². The highest BCUT2D eigenvalue weighted by molar-refractivity contribution is 7.46. The Morgan fingerprint density at radius 3 is 1.75 bits per heavy atom. The maximum absolute atomic E-state index is 12.4. The fourth-order valence-electron chi connectivity index (χ4n) is 6.05. The zero-order valence-electron chi connectivity index (χ0n) is 35.1. The van der Waals surface area contributed by atoms with Gasteiger partial charge in [0.1, 0.15) is 6.61 Å². The van der Waals surface area contributed by atoms with Crippen molar-refractivity contribution in [1.82, 2.24) is 0 Å². The number of carbonyl (C=O) groups is 2. The van der Waals surface area contributed by atoms with Gasteiger partial charge in [-0.05, 0) is 50.9 Å². The average molecular weight is 797 g/mol. The van der Waals surface area contributed by atoms with E-state index in [4.69, 9.17) is 19.3 Å². The Hall–Kier alpha value is -2.03. The second-order valence-corrected chi connectivity index (χ2v) is 16.6. The van der Waals surface area contributed by atoms with Crippen LogP contribution >= 0.6 is 7.82 Å². The smallest absolute Gasteiger partial charge is 0.462 e. The predicted molar refractivity (Wildman–Crippen MR) is 227 cm³/mol. The van der Waals surface area contributed by atoms with Gasteiger partial charge < -0.3 is 24.4 Å². The van der Waals surface area contributed by atoms with Gasteiger partial charge in [-0.15, -0.1) is 0 Å². The predicted octanol–water partition coefficient (Wildman–Crippen LogP) is 12.3. The number of aliphatic hydroxyl groups excluding tert-OH is 1. The van der Waals surface area contributed by atoms with Crippen LogP contribution in [0.1, 0.15) is 194 Å². The zero-order valence-corrected chi connectivity index (χ0v) is 36.0. The van der Waals surface area contributed by atoms with E-state index in [2.05, 4.69) is 31.4 Å². The molecule has 0 fully saturated rings. The molecule has 0 unspecified atom stereocenters. The molecule has 0 radical (unpaired) electrons. The molecule has 320 valence electrons. The van der Waals surface area contributed by atoms with E-state index >= 15 is 0 Å². The fourth-order valence-corrected chi connectivity index (χ4v) is 6.41. The SMILES string of the molecule is CCCCC/C=C\C[C@H](O)/C=C/C=C\C/C=C\CCCC(=O)O[C@H](COC(=O)CCCCCCCCCCCCCCCCCCC(C)C)COP(=O)(O)O. The number of esters is 2.